The molecule has 3 heteroatoms. The molecule has 1 atom stereocenters. The largest absolute Gasteiger partial charge is 0.358 e. The van der Waals surface area contributed by atoms with Crippen molar-refractivity contribution in [2.45, 2.75) is 0 Å². The molecule has 0 saturated carbocycles. The van der Waals surface area contributed by atoms with Crippen LogP contribution in [0.25, 0.3) is 0 Å². The van der Waals surface area contributed by atoms with Crippen molar-refractivity contribution in [3.05, 3.63) is 24.3 Å². The summed E-state index contributed by atoms with van der Waals surface area (Å²) in [5.74, 6) is 0. The van der Waals surface area contributed by atoms with Crippen LogP contribution in [0.1, 0.15) is 0 Å². The fourth-order valence-corrected chi connectivity index (χ4v) is 2.40. The Balaban J connectivity index is 2.93. The summed E-state index contributed by atoms with van der Waals surface area (Å²) in [5.41, 5.74) is 0. The summed E-state index contributed by atoms with van der Waals surface area (Å²) in [7, 11) is 4.82. The molecule has 1 aromatic carbocycles. The molecule has 1 unspecified atom stereocenters. The third-order valence-electron chi connectivity index (χ3n) is 1.52. The van der Waals surface area contributed by atoms with Crippen LogP contribution in [-0.4, -0.2) is 24.0 Å². The molecular formula is C8H10OPSi. The average Bonchev–Trinajstić information content (AvgIpc) is 2.04. The van der Waals surface area contributed by atoms with Crippen molar-refractivity contribution in [2.75, 3.05) is 13.8 Å². The van der Waals surface area contributed by atoms with Gasteiger partial charge in [-0.25, -0.2) is 0 Å². The van der Waals surface area contributed by atoms with Gasteiger partial charge in [-0.15, -0.1) is 0 Å². The van der Waals surface area contributed by atoms with Gasteiger partial charge in [0.15, 0.2) is 0 Å². The Kier molecular flexibility index (Phi) is 3.25. The van der Waals surface area contributed by atoms with Crippen LogP contribution in [0.2, 0.25) is 0 Å². The van der Waals surface area contributed by atoms with Crippen molar-refractivity contribution >= 4 is 28.9 Å². The van der Waals surface area contributed by atoms with Crippen molar-refractivity contribution in [1.29, 1.82) is 0 Å². The maximum absolute atomic E-state index is 5.25. The van der Waals surface area contributed by atoms with E-state index in [2.05, 4.69) is 23.0 Å². The lowest BCUT2D eigenvalue weighted by Crippen LogP contribution is -2.22. The summed E-state index contributed by atoms with van der Waals surface area (Å²) in [6, 6.07) is 8.14. The van der Waals surface area contributed by atoms with Crippen LogP contribution < -0.4 is 10.5 Å². The van der Waals surface area contributed by atoms with E-state index in [9.17, 15) is 0 Å². The van der Waals surface area contributed by atoms with Gasteiger partial charge in [-0.1, -0.05) is 29.5 Å². The quantitative estimate of drug-likeness (QED) is 0.484. The molecule has 0 saturated heterocycles. The maximum Gasteiger partial charge on any atom is 0.0722 e. The van der Waals surface area contributed by atoms with E-state index in [0.29, 0.717) is 0 Å². The van der Waals surface area contributed by atoms with Gasteiger partial charge in [-0.05, 0) is 6.66 Å². The van der Waals surface area contributed by atoms with Crippen molar-refractivity contribution < 1.29 is 4.52 Å². The van der Waals surface area contributed by atoms with Gasteiger partial charge in [0.05, 0.1) is 18.4 Å². The molecule has 57 valence electrons. The van der Waals surface area contributed by atoms with Crippen LogP contribution >= 0.6 is 8.15 Å². The lowest BCUT2D eigenvalue weighted by atomic mass is 10.4. The van der Waals surface area contributed by atoms with Gasteiger partial charge in [0, 0.05) is 12.4 Å². The molecule has 0 heterocycles. The normalized spacial score (nSPS) is 13.0. The van der Waals surface area contributed by atoms with Gasteiger partial charge < -0.3 is 4.52 Å². The van der Waals surface area contributed by atoms with Crippen LogP contribution in [0.15, 0.2) is 24.3 Å². The molecule has 0 aliphatic carbocycles. The predicted molar refractivity (Wildman–Crippen MR) is 51.3 cm³/mol. The van der Waals surface area contributed by atoms with Crippen LogP contribution in [0.5, 0.6) is 0 Å². The second-order valence-corrected chi connectivity index (χ2v) is 4.58. The Morgan fingerprint density at radius 2 is 2.00 bits per heavy atom. The summed E-state index contributed by atoms with van der Waals surface area (Å²) in [6.45, 7) is 2.09. The maximum atomic E-state index is 5.25. The van der Waals surface area contributed by atoms with Crippen LogP contribution in [0.3, 0.4) is 0 Å². The van der Waals surface area contributed by atoms with E-state index in [1.807, 2.05) is 18.2 Å². The molecule has 11 heavy (non-hydrogen) atoms. The van der Waals surface area contributed by atoms with Crippen LogP contribution in [-0.2, 0) is 4.52 Å². The Labute approximate surface area is 72.0 Å². The third kappa shape index (κ3) is 2.13. The smallest absolute Gasteiger partial charge is 0.0722 e. The van der Waals surface area contributed by atoms with Gasteiger partial charge in [0.25, 0.3) is 0 Å². The summed E-state index contributed by atoms with van der Waals surface area (Å²) in [4.78, 5) is 0. The van der Waals surface area contributed by atoms with Gasteiger partial charge in [-0.3, -0.25) is 0 Å². The Morgan fingerprint density at radius 1 is 1.36 bits per heavy atom. The highest BCUT2D eigenvalue weighted by Crippen LogP contribution is 2.27. The number of hydrogen-bond donors (Lipinski definition) is 0. The van der Waals surface area contributed by atoms with E-state index in [4.69, 9.17) is 4.52 Å². The van der Waals surface area contributed by atoms with Crippen LogP contribution in [0.4, 0.5) is 0 Å². The second kappa shape index (κ2) is 4.00. The summed E-state index contributed by atoms with van der Waals surface area (Å²) < 4.78 is 5.25. The molecule has 0 spiro atoms. The molecule has 0 fully saturated rings. The van der Waals surface area contributed by atoms with E-state index < -0.39 is 8.15 Å². The Hall–Kier alpha value is -0.173. The number of benzene rings is 1. The van der Waals surface area contributed by atoms with Gasteiger partial charge in [0.2, 0.25) is 0 Å². The highest BCUT2D eigenvalue weighted by atomic mass is 31.1. The number of rotatable bonds is 2. The lowest BCUT2D eigenvalue weighted by molar-refractivity contribution is 0.471. The predicted octanol–water partition coefficient (Wildman–Crippen LogP) is 0.779. The molecule has 0 amide bonds. The van der Waals surface area contributed by atoms with E-state index in [-0.39, 0.29) is 0 Å². The highest BCUT2D eigenvalue weighted by molar-refractivity contribution is 7.60. The fraction of sp³-hybridized carbons (Fsp3) is 0.250. The first-order valence-corrected chi connectivity index (χ1v) is 5.55. The van der Waals surface area contributed by atoms with Crippen LogP contribution in [0, 0.1) is 0 Å². The molecule has 1 nitrogen and oxygen atoms in total. The monoisotopic (exact) mass is 181 g/mol. The minimum atomic E-state index is -0.443. The molecular weight excluding hydrogens is 171 g/mol. The SMILES string of the molecule is COP(C)c1ccccc1[Si]. The molecule has 0 aliphatic rings. The van der Waals surface area contributed by atoms with E-state index in [1.165, 1.54) is 5.30 Å². The average molecular weight is 181 g/mol. The van der Waals surface area contributed by atoms with Gasteiger partial charge in [-0.2, -0.15) is 0 Å². The standard InChI is InChI=1S/C8H10OPSi/c1-9-10(2)7-5-3-4-6-8(7)11/h3-6H,1-2H3. The highest BCUT2D eigenvalue weighted by Gasteiger charge is 2.04. The molecule has 0 bridgehead atoms. The zero-order chi connectivity index (χ0) is 8.27. The zero-order valence-corrected chi connectivity index (χ0v) is 8.56. The second-order valence-electron chi connectivity index (χ2n) is 2.20. The minimum absolute atomic E-state index is 0.443. The Bertz CT molecular complexity index is 239. The first-order chi connectivity index (χ1) is 5.25. The third-order valence-corrected chi connectivity index (χ3v) is 3.78. The van der Waals surface area contributed by atoms with Crippen molar-refractivity contribution in [3.63, 3.8) is 0 Å². The van der Waals surface area contributed by atoms with Gasteiger partial charge in [0.1, 0.15) is 0 Å². The van der Waals surface area contributed by atoms with E-state index in [1.54, 1.807) is 7.11 Å². The van der Waals surface area contributed by atoms with E-state index in [0.717, 1.165) is 5.19 Å². The van der Waals surface area contributed by atoms with Crippen molar-refractivity contribution in [1.82, 2.24) is 0 Å². The van der Waals surface area contributed by atoms with Gasteiger partial charge >= 0.3 is 0 Å². The number of hydrogen-bond acceptors (Lipinski definition) is 1. The topological polar surface area (TPSA) is 9.23 Å². The molecule has 1 aromatic rings. The Morgan fingerprint density at radius 3 is 2.55 bits per heavy atom. The molecule has 0 N–H and O–H groups in total. The summed E-state index contributed by atoms with van der Waals surface area (Å²) in [6.07, 6.45) is 0. The minimum Gasteiger partial charge on any atom is -0.358 e. The van der Waals surface area contributed by atoms with Crippen molar-refractivity contribution in [3.8, 4) is 0 Å². The zero-order valence-electron chi connectivity index (χ0n) is 6.66. The fourth-order valence-electron chi connectivity index (χ4n) is 0.847. The van der Waals surface area contributed by atoms with E-state index >= 15 is 0 Å². The molecule has 0 aromatic heterocycles. The molecule has 0 aliphatic heterocycles. The lowest BCUT2D eigenvalue weighted by Gasteiger charge is -2.11. The summed E-state index contributed by atoms with van der Waals surface area (Å²) >= 11 is 0. The first-order valence-electron chi connectivity index (χ1n) is 3.34. The summed E-state index contributed by atoms with van der Waals surface area (Å²) in [5, 5.41) is 2.38. The van der Waals surface area contributed by atoms with Crippen molar-refractivity contribution in [2.24, 2.45) is 0 Å². The molecule has 3 radical (unpaired) electrons. The molecule has 1 rings (SSSR count). The first kappa shape index (κ1) is 8.92.